The van der Waals surface area contributed by atoms with Crippen molar-refractivity contribution in [3.8, 4) is 0 Å². The van der Waals surface area contributed by atoms with E-state index in [1.54, 1.807) is 12.1 Å². The summed E-state index contributed by atoms with van der Waals surface area (Å²) in [7, 11) is 0. The summed E-state index contributed by atoms with van der Waals surface area (Å²) >= 11 is 2.07. The van der Waals surface area contributed by atoms with E-state index in [1.165, 1.54) is 12.1 Å². The topological polar surface area (TPSA) is 72.2 Å². The molecule has 0 fully saturated rings. The van der Waals surface area contributed by atoms with Gasteiger partial charge in [-0.3, -0.25) is 14.9 Å². The lowest BCUT2D eigenvalue weighted by Gasteiger charge is -2.09. The summed E-state index contributed by atoms with van der Waals surface area (Å²) in [4.78, 5) is 22.7. The van der Waals surface area contributed by atoms with Gasteiger partial charge in [0.25, 0.3) is 11.6 Å². The predicted molar refractivity (Wildman–Crippen MR) is 84.9 cm³/mol. The Bertz CT molecular complexity index is 666. The lowest BCUT2D eigenvalue weighted by Crippen LogP contribution is -2.15. The quantitative estimate of drug-likeness (QED) is 0.499. The number of para-hydroxylation sites is 2. The molecule has 0 aliphatic carbocycles. The molecule has 2 rings (SSSR count). The Balaban J connectivity index is 2.36. The lowest BCUT2D eigenvalue weighted by molar-refractivity contribution is -0.383. The van der Waals surface area contributed by atoms with Crippen molar-refractivity contribution in [1.29, 1.82) is 0 Å². The molecule has 5 nitrogen and oxygen atoms in total. The molecule has 1 amide bonds. The number of hydrogen-bond acceptors (Lipinski definition) is 3. The van der Waals surface area contributed by atoms with Crippen LogP contribution in [0.2, 0.25) is 0 Å². The van der Waals surface area contributed by atoms with E-state index in [2.05, 4.69) is 27.9 Å². The van der Waals surface area contributed by atoms with Gasteiger partial charge in [-0.1, -0.05) is 24.3 Å². The van der Waals surface area contributed by atoms with Gasteiger partial charge in [0.2, 0.25) is 0 Å². The number of carbonyl (C=O) groups excluding carboxylic acids is 1. The van der Waals surface area contributed by atoms with Crippen molar-refractivity contribution in [1.82, 2.24) is 0 Å². The van der Waals surface area contributed by atoms with Gasteiger partial charge in [0.05, 0.1) is 10.5 Å². The largest absolute Gasteiger partial charge is 0.316 e. The summed E-state index contributed by atoms with van der Waals surface area (Å²) in [5, 5.41) is 13.5. The Morgan fingerprint density at radius 1 is 1.20 bits per heavy atom. The van der Waals surface area contributed by atoms with Gasteiger partial charge in [0.1, 0.15) is 5.69 Å². The van der Waals surface area contributed by atoms with E-state index in [0.29, 0.717) is 5.56 Å². The van der Waals surface area contributed by atoms with Gasteiger partial charge in [0, 0.05) is 9.64 Å². The van der Waals surface area contributed by atoms with Crippen molar-refractivity contribution >= 4 is 39.9 Å². The first-order valence-corrected chi connectivity index (χ1v) is 6.88. The highest BCUT2D eigenvalue weighted by Gasteiger charge is 2.18. The molecule has 0 spiro atoms. The molecule has 0 bridgehead atoms. The van der Waals surface area contributed by atoms with Gasteiger partial charge in [-0.05, 0) is 47.2 Å². The Morgan fingerprint density at radius 2 is 1.90 bits per heavy atom. The van der Waals surface area contributed by atoms with Crippen LogP contribution in [0.25, 0.3) is 0 Å². The third kappa shape index (κ3) is 2.96. The van der Waals surface area contributed by atoms with E-state index in [4.69, 9.17) is 0 Å². The van der Waals surface area contributed by atoms with E-state index in [-0.39, 0.29) is 17.3 Å². The molecule has 0 aliphatic rings. The van der Waals surface area contributed by atoms with E-state index in [0.717, 1.165) is 9.13 Å². The van der Waals surface area contributed by atoms with Crippen LogP contribution in [0.3, 0.4) is 0 Å². The first kappa shape index (κ1) is 14.4. The highest BCUT2D eigenvalue weighted by Crippen LogP contribution is 2.25. The van der Waals surface area contributed by atoms with Crippen LogP contribution < -0.4 is 5.32 Å². The molecule has 20 heavy (non-hydrogen) atoms. The van der Waals surface area contributed by atoms with Crippen LogP contribution in [-0.2, 0) is 0 Å². The number of nitrogens with zero attached hydrogens (tertiary/aromatic N) is 1. The molecule has 0 saturated carbocycles. The first-order chi connectivity index (χ1) is 9.50. The third-order valence-electron chi connectivity index (χ3n) is 2.80. The zero-order valence-corrected chi connectivity index (χ0v) is 12.7. The maximum absolute atomic E-state index is 12.3. The number of nitro benzene ring substituents is 1. The molecule has 0 heterocycles. The van der Waals surface area contributed by atoms with E-state index in [1.807, 2.05) is 25.1 Å². The van der Waals surface area contributed by atoms with Crippen molar-refractivity contribution in [2.24, 2.45) is 0 Å². The highest BCUT2D eigenvalue weighted by atomic mass is 127. The van der Waals surface area contributed by atoms with Crippen molar-refractivity contribution in [3.05, 3.63) is 67.3 Å². The van der Waals surface area contributed by atoms with Crippen LogP contribution in [-0.4, -0.2) is 10.8 Å². The van der Waals surface area contributed by atoms with Gasteiger partial charge in [-0.2, -0.15) is 0 Å². The molecular formula is C14H11IN2O3. The molecule has 2 aromatic carbocycles. The van der Waals surface area contributed by atoms with Crippen molar-refractivity contribution in [3.63, 3.8) is 0 Å². The number of aryl methyl sites for hydroxylation is 1. The molecule has 1 N–H and O–H groups in total. The Hall–Kier alpha value is -1.96. The van der Waals surface area contributed by atoms with Gasteiger partial charge in [0.15, 0.2) is 0 Å². The van der Waals surface area contributed by atoms with Crippen molar-refractivity contribution in [2.45, 2.75) is 6.92 Å². The second-order valence-corrected chi connectivity index (χ2v) is 5.32. The van der Waals surface area contributed by atoms with Gasteiger partial charge in [-0.25, -0.2) is 0 Å². The summed E-state index contributed by atoms with van der Waals surface area (Å²) in [5.41, 5.74) is 1.44. The summed E-state index contributed by atoms with van der Waals surface area (Å²) in [6, 6.07) is 11.6. The number of amides is 1. The SMILES string of the molecule is Cc1cccc(I)c1C(=O)Nc1ccccc1[N+](=O)[O-]. The minimum Gasteiger partial charge on any atom is -0.316 e. The molecule has 0 atom stereocenters. The Morgan fingerprint density at radius 3 is 2.55 bits per heavy atom. The zero-order chi connectivity index (χ0) is 14.7. The van der Waals surface area contributed by atoms with Gasteiger partial charge < -0.3 is 5.32 Å². The van der Waals surface area contributed by atoms with Crippen molar-refractivity contribution < 1.29 is 9.72 Å². The van der Waals surface area contributed by atoms with Crippen LogP contribution in [0.1, 0.15) is 15.9 Å². The molecule has 0 radical (unpaired) electrons. The first-order valence-electron chi connectivity index (χ1n) is 5.80. The molecule has 2 aromatic rings. The molecule has 0 aromatic heterocycles. The number of anilines is 1. The number of nitrogens with one attached hydrogen (secondary N) is 1. The number of carbonyl (C=O) groups is 1. The number of hydrogen-bond donors (Lipinski definition) is 1. The van der Waals surface area contributed by atoms with Gasteiger partial charge >= 0.3 is 0 Å². The molecule has 6 heteroatoms. The average Bonchev–Trinajstić information content (AvgIpc) is 2.38. The van der Waals surface area contributed by atoms with Gasteiger partial charge in [-0.15, -0.1) is 0 Å². The summed E-state index contributed by atoms with van der Waals surface area (Å²) in [6.07, 6.45) is 0. The minimum atomic E-state index is -0.515. The fourth-order valence-electron chi connectivity index (χ4n) is 1.84. The number of nitro groups is 1. The van der Waals surface area contributed by atoms with Crippen LogP contribution in [0.4, 0.5) is 11.4 Å². The van der Waals surface area contributed by atoms with E-state index in [9.17, 15) is 14.9 Å². The molecule has 0 unspecified atom stereocenters. The maximum Gasteiger partial charge on any atom is 0.292 e. The number of rotatable bonds is 3. The van der Waals surface area contributed by atoms with Crippen LogP contribution >= 0.6 is 22.6 Å². The highest BCUT2D eigenvalue weighted by molar-refractivity contribution is 14.1. The summed E-state index contributed by atoms with van der Waals surface area (Å²) < 4.78 is 0.804. The van der Waals surface area contributed by atoms with Crippen molar-refractivity contribution in [2.75, 3.05) is 5.32 Å². The Labute approximate surface area is 129 Å². The zero-order valence-electron chi connectivity index (χ0n) is 10.6. The summed E-state index contributed by atoms with van der Waals surface area (Å²) in [6.45, 7) is 1.83. The minimum absolute atomic E-state index is 0.121. The fourth-order valence-corrected chi connectivity index (χ4v) is 2.72. The monoisotopic (exact) mass is 382 g/mol. The van der Waals surface area contributed by atoms with E-state index < -0.39 is 4.92 Å². The lowest BCUT2D eigenvalue weighted by atomic mass is 10.1. The number of halogens is 1. The predicted octanol–water partition coefficient (Wildman–Crippen LogP) is 3.76. The maximum atomic E-state index is 12.3. The second kappa shape index (κ2) is 6.00. The Kier molecular flexibility index (Phi) is 4.33. The van der Waals surface area contributed by atoms with Crippen LogP contribution in [0.15, 0.2) is 42.5 Å². The van der Waals surface area contributed by atoms with E-state index >= 15 is 0 Å². The van der Waals surface area contributed by atoms with Crippen LogP contribution in [0.5, 0.6) is 0 Å². The molecular weight excluding hydrogens is 371 g/mol. The molecule has 102 valence electrons. The normalized spacial score (nSPS) is 10.1. The fraction of sp³-hybridized carbons (Fsp3) is 0.0714. The summed E-state index contributed by atoms with van der Waals surface area (Å²) in [5.74, 6) is -0.346. The average molecular weight is 382 g/mol. The second-order valence-electron chi connectivity index (χ2n) is 4.16. The standard InChI is InChI=1S/C14H11IN2O3/c1-9-5-4-6-10(15)13(9)14(18)16-11-7-2-3-8-12(11)17(19)20/h2-8H,1H3,(H,16,18). The smallest absolute Gasteiger partial charge is 0.292 e. The molecule has 0 aliphatic heterocycles. The molecule has 0 saturated heterocycles. The number of benzene rings is 2. The third-order valence-corrected chi connectivity index (χ3v) is 3.70. The van der Waals surface area contributed by atoms with Crippen LogP contribution in [0, 0.1) is 20.6 Å².